The fourth-order valence-electron chi connectivity index (χ4n) is 4.58. The Balaban J connectivity index is 1.76. The molecule has 1 aliphatic carbocycles. The number of aromatic nitrogens is 3. The Morgan fingerprint density at radius 1 is 1.22 bits per heavy atom. The molecule has 3 atom stereocenters. The van der Waals surface area contributed by atoms with Crippen LogP contribution in [0, 0.1) is 20.8 Å². The highest BCUT2D eigenvalue weighted by molar-refractivity contribution is 6.33. The van der Waals surface area contributed by atoms with E-state index in [9.17, 15) is 10.2 Å². The van der Waals surface area contributed by atoms with Crippen molar-refractivity contribution in [1.29, 1.82) is 0 Å². The molecule has 1 aliphatic rings. The summed E-state index contributed by atoms with van der Waals surface area (Å²) in [5.41, 5.74) is 3.74. The maximum Gasteiger partial charge on any atom is 0.163 e. The Morgan fingerprint density at radius 2 is 2.03 bits per heavy atom. The van der Waals surface area contributed by atoms with Gasteiger partial charge in [-0.1, -0.05) is 16.8 Å². The van der Waals surface area contributed by atoms with Crippen molar-refractivity contribution in [3.8, 4) is 28.4 Å². The molecule has 9 nitrogen and oxygen atoms in total. The highest BCUT2D eigenvalue weighted by Crippen LogP contribution is 2.36. The largest absolute Gasteiger partial charge is 0.491 e. The maximum absolute atomic E-state index is 10.2. The topological polar surface area (TPSA) is 126 Å². The summed E-state index contributed by atoms with van der Waals surface area (Å²) in [5, 5.41) is 31.2. The molecule has 1 unspecified atom stereocenters. The molecule has 1 saturated carbocycles. The van der Waals surface area contributed by atoms with Crippen molar-refractivity contribution in [1.82, 2.24) is 20.4 Å². The first-order chi connectivity index (χ1) is 17.3. The summed E-state index contributed by atoms with van der Waals surface area (Å²) in [6.45, 7) is 6.27. The van der Waals surface area contributed by atoms with Crippen molar-refractivity contribution >= 4 is 17.4 Å². The average Bonchev–Trinajstić information content (AvgIpc) is 3.18. The lowest BCUT2D eigenvalue weighted by Crippen LogP contribution is -2.30. The first-order valence-electron chi connectivity index (χ1n) is 12.3. The van der Waals surface area contributed by atoms with Crippen molar-refractivity contribution in [2.24, 2.45) is 0 Å². The molecular weight excluding hydrogens is 482 g/mol. The Labute approximate surface area is 216 Å². The molecule has 194 valence electrons. The number of ether oxygens (including phenoxy) is 1. The van der Waals surface area contributed by atoms with Crippen molar-refractivity contribution in [3.05, 3.63) is 40.2 Å². The number of halogens is 1. The number of rotatable bonds is 9. The Morgan fingerprint density at radius 3 is 2.72 bits per heavy atom. The second-order valence-electron chi connectivity index (χ2n) is 9.39. The van der Waals surface area contributed by atoms with Crippen LogP contribution in [0.1, 0.15) is 42.7 Å². The van der Waals surface area contributed by atoms with E-state index >= 15 is 0 Å². The van der Waals surface area contributed by atoms with E-state index in [1.54, 1.807) is 25.2 Å². The highest BCUT2D eigenvalue weighted by atomic mass is 35.5. The highest BCUT2D eigenvalue weighted by Gasteiger charge is 2.25. The molecule has 0 radical (unpaired) electrons. The van der Waals surface area contributed by atoms with Gasteiger partial charge in [-0.2, -0.15) is 0 Å². The van der Waals surface area contributed by atoms with Gasteiger partial charge in [0.05, 0.1) is 28.1 Å². The van der Waals surface area contributed by atoms with E-state index in [0.29, 0.717) is 52.4 Å². The number of nitrogens with one attached hydrogen (secondary N) is 2. The van der Waals surface area contributed by atoms with E-state index < -0.39 is 6.10 Å². The van der Waals surface area contributed by atoms with Gasteiger partial charge in [-0.05, 0) is 71.7 Å². The molecule has 4 rings (SSSR count). The smallest absolute Gasteiger partial charge is 0.163 e. The van der Waals surface area contributed by atoms with E-state index in [-0.39, 0.29) is 18.8 Å². The molecule has 36 heavy (non-hydrogen) atoms. The molecule has 1 fully saturated rings. The second-order valence-corrected chi connectivity index (χ2v) is 9.80. The Hall–Kier alpha value is -2.72. The van der Waals surface area contributed by atoms with Crippen LogP contribution in [-0.4, -0.2) is 63.8 Å². The van der Waals surface area contributed by atoms with Crippen LogP contribution >= 0.6 is 11.6 Å². The van der Waals surface area contributed by atoms with Crippen LogP contribution < -0.4 is 15.4 Å². The third kappa shape index (κ3) is 5.98. The fourth-order valence-corrected chi connectivity index (χ4v) is 4.79. The fraction of sp³-hybridized carbons (Fsp3) is 0.500. The molecule has 3 aromatic rings. The van der Waals surface area contributed by atoms with Gasteiger partial charge in [-0.25, -0.2) is 9.97 Å². The Bertz CT molecular complexity index is 1180. The van der Waals surface area contributed by atoms with Crippen LogP contribution in [0.5, 0.6) is 5.75 Å². The van der Waals surface area contributed by atoms with Crippen LogP contribution in [0.2, 0.25) is 5.02 Å². The van der Waals surface area contributed by atoms with Gasteiger partial charge in [0, 0.05) is 23.7 Å². The van der Waals surface area contributed by atoms with Crippen molar-refractivity contribution in [3.63, 3.8) is 0 Å². The van der Waals surface area contributed by atoms with Crippen LogP contribution in [-0.2, 0) is 0 Å². The summed E-state index contributed by atoms with van der Waals surface area (Å²) >= 11 is 6.61. The molecule has 0 spiro atoms. The zero-order chi connectivity index (χ0) is 25.8. The van der Waals surface area contributed by atoms with E-state index in [4.69, 9.17) is 30.8 Å². The second kappa shape index (κ2) is 11.6. The van der Waals surface area contributed by atoms with Gasteiger partial charge in [0.15, 0.2) is 5.82 Å². The average molecular weight is 516 g/mol. The van der Waals surface area contributed by atoms with Crippen molar-refractivity contribution < 1.29 is 19.5 Å². The van der Waals surface area contributed by atoms with Gasteiger partial charge in [0.25, 0.3) is 0 Å². The summed E-state index contributed by atoms with van der Waals surface area (Å²) in [6.07, 6.45) is 2.44. The van der Waals surface area contributed by atoms with Crippen LogP contribution in [0.4, 0.5) is 5.82 Å². The maximum atomic E-state index is 10.2. The number of nitrogens with zero attached hydrogens (tertiary/aromatic N) is 3. The van der Waals surface area contributed by atoms with Crippen molar-refractivity contribution in [2.45, 2.75) is 64.7 Å². The van der Waals surface area contributed by atoms with Gasteiger partial charge in [0.1, 0.15) is 30.0 Å². The minimum atomic E-state index is -0.641. The third-order valence-electron chi connectivity index (χ3n) is 6.46. The van der Waals surface area contributed by atoms with Crippen LogP contribution in [0.15, 0.2) is 22.7 Å². The summed E-state index contributed by atoms with van der Waals surface area (Å²) < 4.78 is 11.2. The monoisotopic (exact) mass is 515 g/mol. The predicted octanol–water partition coefficient (Wildman–Crippen LogP) is 4.05. The summed E-state index contributed by atoms with van der Waals surface area (Å²) in [7, 11) is 1.77. The quantitative estimate of drug-likeness (QED) is 0.334. The Kier molecular flexibility index (Phi) is 8.46. The molecule has 0 bridgehead atoms. The molecule has 0 saturated heterocycles. The molecule has 4 N–H and O–H groups in total. The van der Waals surface area contributed by atoms with Crippen LogP contribution in [0.25, 0.3) is 22.6 Å². The van der Waals surface area contributed by atoms with Crippen molar-refractivity contribution in [2.75, 3.05) is 25.5 Å². The first-order valence-corrected chi connectivity index (χ1v) is 12.7. The lowest BCUT2D eigenvalue weighted by atomic mass is 9.93. The summed E-state index contributed by atoms with van der Waals surface area (Å²) in [5.74, 6) is 2.33. The van der Waals surface area contributed by atoms with Gasteiger partial charge < -0.3 is 30.1 Å². The molecule has 0 aliphatic heterocycles. The zero-order valence-electron chi connectivity index (χ0n) is 21.1. The number of benzene rings is 1. The number of anilines is 1. The lowest BCUT2D eigenvalue weighted by Gasteiger charge is -2.28. The standard InChI is InChI=1S/C26H34ClN5O4/c1-14-24(23-15(2)32-36-16(23)3)30-26(31-25(14)29-17-6-5-7-18(33)10-17)21-11-20(8-9-22(21)27)35-13-19(34)12-28-4/h8-9,11,17-19,28,33-34H,5-7,10,12-13H2,1-4H3,(H,29,30,31)/t17-,18+,19?/m0/s1. The number of likely N-dealkylation sites (N-methyl/N-ethyl adjacent to an activating group) is 1. The molecule has 2 heterocycles. The number of aliphatic hydroxyl groups is 2. The van der Waals surface area contributed by atoms with E-state index in [0.717, 1.165) is 36.1 Å². The normalized spacial score (nSPS) is 18.8. The minimum Gasteiger partial charge on any atom is -0.491 e. The SMILES string of the molecule is CNCC(O)COc1ccc(Cl)c(-c2nc(N[C@H]3CCC[C@@H](O)C3)c(C)c(-c3c(C)noc3C)n2)c1. The lowest BCUT2D eigenvalue weighted by molar-refractivity contribution is 0.108. The summed E-state index contributed by atoms with van der Waals surface area (Å²) in [6, 6.07) is 5.38. The van der Waals surface area contributed by atoms with E-state index in [1.165, 1.54) is 0 Å². The van der Waals surface area contributed by atoms with Gasteiger partial charge >= 0.3 is 0 Å². The molecule has 10 heteroatoms. The number of aliphatic hydroxyl groups excluding tert-OH is 2. The number of aryl methyl sites for hydroxylation is 2. The summed E-state index contributed by atoms with van der Waals surface area (Å²) in [4.78, 5) is 9.77. The molecule has 2 aromatic heterocycles. The number of hydrogen-bond acceptors (Lipinski definition) is 9. The molecular formula is C26H34ClN5O4. The van der Waals surface area contributed by atoms with Gasteiger partial charge in [0.2, 0.25) is 0 Å². The van der Waals surface area contributed by atoms with Gasteiger partial charge in [-0.15, -0.1) is 0 Å². The molecule has 0 amide bonds. The van der Waals surface area contributed by atoms with Crippen LogP contribution in [0.3, 0.4) is 0 Å². The zero-order valence-corrected chi connectivity index (χ0v) is 21.9. The van der Waals surface area contributed by atoms with Gasteiger partial charge in [-0.3, -0.25) is 0 Å². The minimum absolute atomic E-state index is 0.103. The first kappa shape index (κ1) is 26.3. The van der Waals surface area contributed by atoms with E-state index in [1.807, 2.05) is 20.8 Å². The van der Waals surface area contributed by atoms with E-state index in [2.05, 4.69) is 15.8 Å². The number of hydrogen-bond donors (Lipinski definition) is 4. The predicted molar refractivity (Wildman–Crippen MR) is 139 cm³/mol. The third-order valence-corrected chi connectivity index (χ3v) is 6.79. The molecule has 1 aromatic carbocycles.